The Morgan fingerprint density at radius 3 is 2.69 bits per heavy atom. The van der Waals surface area contributed by atoms with Gasteiger partial charge in [-0.1, -0.05) is 12.0 Å². The molecule has 3 rings (SSSR count). The Kier molecular flexibility index (Phi) is 4.94. The zero-order chi connectivity index (χ0) is 18.5. The first-order chi connectivity index (χ1) is 12.6. The highest BCUT2D eigenvalue weighted by atomic mass is 16.2. The van der Waals surface area contributed by atoms with Crippen LogP contribution in [0.2, 0.25) is 0 Å². The van der Waals surface area contributed by atoms with E-state index in [2.05, 4.69) is 16.0 Å². The van der Waals surface area contributed by atoms with Gasteiger partial charge in [0.05, 0.1) is 6.54 Å². The van der Waals surface area contributed by atoms with Gasteiger partial charge in [-0.2, -0.15) is 5.10 Å². The van der Waals surface area contributed by atoms with Gasteiger partial charge in [-0.25, -0.2) is 9.48 Å². The molecule has 0 spiro atoms. The van der Waals surface area contributed by atoms with E-state index >= 15 is 0 Å². The lowest BCUT2D eigenvalue weighted by Gasteiger charge is -2.23. The number of aryl methyl sites for hydroxylation is 1. The van der Waals surface area contributed by atoms with Crippen LogP contribution in [0.3, 0.4) is 0 Å². The minimum absolute atomic E-state index is 0.162. The Labute approximate surface area is 150 Å². The molecule has 0 aliphatic heterocycles. The molecule has 0 saturated carbocycles. The molecule has 130 valence electrons. The number of rotatable bonds is 5. The molecular formula is C19H17N5O2. The van der Waals surface area contributed by atoms with Gasteiger partial charge in [0.25, 0.3) is 0 Å². The van der Waals surface area contributed by atoms with Crippen molar-refractivity contribution in [3.8, 4) is 12.3 Å². The summed E-state index contributed by atoms with van der Waals surface area (Å²) in [5.74, 6) is 2.30. The zero-order valence-electron chi connectivity index (χ0n) is 14.2. The maximum Gasteiger partial charge on any atom is 0.345 e. The van der Waals surface area contributed by atoms with E-state index in [4.69, 9.17) is 6.42 Å². The summed E-state index contributed by atoms with van der Waals surface area (Å²) in [5, 5.41) is 3.95. The van der Waals surface area contributed by atoms with Gasteiger partial charge in [-0.15, -0.1) is 6.42 Å². The van der Waals surface area contributed by atoms with E-state index in [1.165, 1.54) is 10.9 Å². The Morgan fingerprint density at radius 2 is 2.04 bits per heavy atom. The maximum atomic E-state index is 12.9. The van der Waals surface area contributed by atoms with Crippen LogP contribution in [-0.4, -0.2) is 25.2 Å². The summed E-state index contributed by atoms with van der Waals surface area (Å²) >= 11 is 0. The Morgan fingerprint density at radius 1 is 1.27 bits per heavy atom. The molecule has 0 aliphatic rings. The van der Waals surface area contributed by atoms with Gasteiger partial charge < -0.3 is 4.90 Å². The van der Waals surface area contributed by atoms with Crippen molar-refractivity contribution in [3.05, 3.63) is 76.7 Å². The lowest BCUT2D eigenvalue weighted by molar-refractivity contribution is -0.119. The van der Waals surface area contributed by atoms with Crippen molar-refractivity contribution in [2.24, 2.45) is 7.05 Å². The van der Waals surface area contributed by atoms with Crippen molar-refractivity contribution < 1.29 is 4.79 Å². The molecule has 1 amide bonds. The highest BCUT2D eigenvalue weighted by Gasteiger charge is 2.19. The quantitative estimate of drug-likeness (QED) is 0.650. The van der Waals surface area contributed by atoms with Gasteiger partial charge in [0, 0.05) is 30.7 Å². The van der Waals surface area contributed by atoms with E-state index in [1.807, 2.05) is 12.1 Å². The molecule has 3 aromatic rings. The third kappa shape index (κ3) is 3.70. The first-order valence-electron chi connectivity index (χ1n) is 7.93. The fourth-order valence-electron chi connectivity index (χ4n) is 2.50. The summed E-state index contributed by atoms with van der Waals surface area (Å²) in [4.78, 5) is 30.5. The molecule has 0 N–H and O–H groups in total. The molecule has 0 atom stereocenters. The first-order valence-corrected chi connectivity index (χ1v) is 7.93. The molecule has 26 heavy (non-hydrogen) atoms. The van der Waals surface area contributed by atoms with Crippen molar-refractivity contribution in [1.29, 1.82) is 0 Å². The van der Waals surface area contributed by atoms with Crippen molar-refractivity contribution in [2.45, 2.75) is 13.1 Å². The zero-order valence-corrected chi connectivity index (χ0v) is 14.2. The summed E-state index contributed by atoms with van der Waals surface area (Å²) < 4.78 is 2.45. The van der Waals surface area contributed by atoms with E-state index in [0.29, 0.717) is 17.8 Å². The van der Waals surface area contributed by atoms with Gasteiger partial charge in [0.1, 0.15) is 12.9 Å². The Bertz CT molecular complexity index is 1010. The van der Waals surface area contributed by atoms with Crippen LogP contribution in [0.15, 0.2) is 59.9 Å². The van der Waals surface area contributed by atoms with Crippen LogP contribution in [0.5, 0.6) is 0 Å². The molecule has 2 heterocycles. The predicted molar refractivity (Wildman–Crippen MR) is 97.3 cm³/mol. The van der Waals surface area contributed by atoms with Crippen LogP contribution in [0.25, 0.3) is 0 Å². The molecule has 0 bridgehead atoms. The Hall–Kier alpha value is -3.66. The first kappa shape index (κ1) is 17.2. The van der Waals surface area contributed by atoms with Crippen LogP contribution in [0, 0.1) is 12.3 Å². The number of terminal acetylenes is 1. The van der Waals surface area contributed by atoms with Gasteiger partial charge in [0.2, 0.25) is 5.91 Å². The standard InChI is InChI=1S/C19H17N5O2/c1-3-15-5-4-6-17(11-15)23(12-16-7-9-20-10-8-16)18(25)13-24-19(26)22(2)14-21-24/h1,4-11,14H,12-13H2,2H3. The van der Waals surface area contributed by atoms with E-state index in [1.54, 1.807) is 48.6 Å². The van der Waals surface area contributed by atoms with E-state index in [0.717, 1.165) is 10.2 Å². The SMILES string of the molecule is C#Cc1cccc(N(Cc2ccncc2)C(=O)Cn2ncn(C)c2=O)c1. The number of carbonyl (C=O) groups excluding carboxylic acids is 1. The number of hydrogen-bond donors (Lipinski definition) is 0. The van der Waals surface area contributed by atoms with E-state index in [-0.39, 0.29) is 18.1 Å². The monoisotopic (exact) mass is 347 g/mol. The summed E-state index contributed by atoms with van der Waals surface area (Å²) in [6, 6.07) is 10.8. The van der Waals surface area contributed by atoms with Crippen molar-refractivity contribution in [1.82, 2.24) is 19.3 Å². The average Bonchev–Trinajstić information content (AvgIpc) is 2.99. The lowest BCUT2D eigenvalue weighted by Crippen LogP contribution is -2.37. The fraction of sp³-hybridized carbons (Fsp3) is 0.158. The number of amides is 1. The molecule has 2 aromatic heterocycles. The summed E-state index contributed by atoms with van der Waals surface area (Å²) in [6.07, 6.45) is 10.2. The predicted octanol–water partition coefficient (Wildman–Crippen LogP) is 1.19. The van der Waals surface area contributed by atoms with E-state index < -0.39 is 0 Å². The third-order valence-corrected chi connectivity index (χ3v) is 3.89. The minimum atomic E-state index is -0.348. The molecular weight excluding hydrogens is 330 g/mol. The molecule has 7 heteroatoms. The number of aromatic nitrogens is 4. The number of nitrogens with zero attached hydrogens (tertiary/aromatic N) is 5. The number of carbonyl (C=O) groups is 1. The Balaban J connectivity index is 1.93. The second-order valence-electron chi connectivity index (χ2n) is 5.71. The summed E-state index contributed by atoms with van der Waals surface area (Å²) in [7, 11) is 1.58. The topological polar surface area (TPSA) is 73.0 Å². The second-order valence-corrected chi connectivity index (χ2v) is 5.71. The molecule has 0 unspecified atom stereocenters. The highest BCUT2D eigenvalue weighted by molar-refractivity contribution is 5.93. The van der Waals surface area contributed by atoms with Crippen LogP contribution < -0.4 is 10.6 Å². The number of benzene rings is 1. The van der Waals surface area contributed by atoms with Gasteiger partial charge in [-0.3, -0.25) is 14.3 Å². The molecule has 0 saturated heterocycles. The normalized spacial score (nSPS) is 10.3. The summed E-state index contributed by atoms with van der Waals surface area (Å²) in [5.41, 5.74) is 1.89. The van der Waals surface area contributed by atoms with Gasteiger partial charge in [-0.05, 0) is 35.9 Å². The highest BCUT2D eigenvalue weighted by Crippen LogP contribution is 2.19. The van der Waals surface area contributed by atoms with Crippen LogP contribution >= 0.6 is 0 Å². The van der Waals surface area contributed by atoms with Crippen LogP contribution in [0.1, 0.15) is 11.1 Å². The van der Waals surface area contributed by atoms with E-state index in [9.17, 15) is 9.59 Å². The number of pyridine rings is 1. The lowest BCUT2D eigenvalue weighted by atomic mass is 10.1. The molecule has 0 aliphatic carbocycles. The second kappa shape index (κ2) is 7.49. The van der Waals surface area contributed by atoms with Crippen LogP contribution in [-0.2, 0) is 24.9 Å². The fourth-order valence-corrected chi connectivity index (χ4v) is 2.50. The molecule has 0 radical (unpaired) electrons. The molecule has 7 nitrogen and oxygen atoms in total. The van der Waals surface area contributed by atoms with Crippen molar-refractivity contribution in [3.63, 3.8) is 0 Å². The van der Waals surface area contributed by atoms with Gasteiger partial charge >= 0.3 is 5.69 Å². The van der Waals surface area contributed by atoms with Gasteiger partial charge in [0.15, 0.2) is 0 Å². The van der Waals surface area contributed by atoms with Crippen molar-refractivity contribution >= 4 is 11.6 Å². The number of anilines is 1. The molecule has 0 fully saturated rings. The molecule has 1 aromatic carbocycles. The third-order valence-electron chi connectivity index (χ3n) is 3.89. The number of hydrogen-bond acceptors (Lipinski definition) is 4. The average molecular weight is 347 g/mol. The smallest absolute Gasteiger partial charge is 0.306 e. The summed E-state index contributed by atoms with van der Waals surface area (Å²) in [6.45, 7) is 0.169. The minimum Gasteiger partial charge on any atom is -0.306 e. The van der Waals surface area contributed by atoms with Crippen LogP contribution in [0.4, 0.5) is 5.69 Å². The maximum absolute atomic E-state index is 12.9. The largest absolute Gasteiger partial charge is 0.345 e. The van der Waals surface area contributed by atoms with Crippen molar-refractivity contribution in [2.75, 3.05) is 4.90 Å².